The van der Waals surface area contributed by atoms with Gasteiger partial charge in [0.05, 0.1) is 5.02 Å². The minimum atomic E-state index is -0.337. The summed E-state index contributed by atoms with van der Waals surface area (Å²) in [6.07, 6.45) is 1.52. The monoisotopic (exact) mass is 237 g/mol. The van der Waals surface area contributed by atoms with E-state index < -0.39 is 0 Å². The first-order chi connectivity index (χ1) is 7.58. The van der Waals surface area contributed by atoms with E-state index in [-0.39, 0.29) is 11.4 Å². The Morgan fingerprint density at radius 3 is 2.50 bits per heavy atom. The van der Waals surface area contributed by atoms with Crippen LogP contribution in [0.15, 0.2) is 41.3 Å². The van der Waals surface area contributed by atoms with Gasteiger partial charge in [-0.3, -0.25) is 9.36 Å². The number of nitrogens with zero attached hydrogens (tertiary/aromatic N) is 1. The Bertz CT molecular complexity index is 575. The number of halogens is 2. The summed E-state index contributed by atoms with van der Waals surface area (Å²) >= 11 is 5.87. The van der Waals surface area contributed by atoms with Crippen LogP contribution in [0.2, 0.25) is 5.02 Å². The summed E-state index contributed by atoms with van der Waals surface area (Å²) in [5.74, 6) is -0.337. The van der Waals surface area contributed by atoms with E-state index in [0.29, 0.717) is 16.3 Å². The quantitative estimate of drug-likeness (QED) is 0.748. The molecule has 0 atom stereocenters. The third-order valence-electron chi connectivity index (χ3n) is 2.27. The number of pyridine rings is 1. The Morgan fingerprint density at radius 1 is 1.25 bits per heavy atom. The minimum absolute atomic E-state index is 0.156. The standard InChI is InChI=1S/C12H9ClFNO/c1-8-6-9(13)7-15(12(8)16)11-4-2-10(14)3-5-11/h2-7H,1H3. The Kier molecular flexibility index (Phi) is 2.79. The van der Waals surface area contributed by atoms with Gasteiger partial charge in [0.2, 0.25) is 0 Å². The summed E-state index contributed by atoms with van der Waals surface area (Å²) < 4.78 is 14.1. The van der Waals surface area contributed by atoms with Crippen LogP contribution in [0.3, 0.4) is 0 Å². The topological polar surface area (TPSA) is 22.0 Å². The van der Waals surface area contributed by atoms with Gasteiger partial charge in [-0.15, -0.1) is 0 Å². The molecule has 0 spiro atoms. The van der Waals surface area contributed by atoms with Crippen molar-refractivity contribution < 1.29 is 4.39 Å². The molecule has 4 heteroatoms. The van der Waals surface area contributed by atoms with Crippen LogP contribution in [0.5, 0.6) is 0 Å². The molecule has 0 N–H and O–H groups in total. The van der Waals surface area contributed by atoms with Gasteiger partial charge in [-0.25, -0.2) is 4.39 Å². The Morgan fingerprint density at radius 2 is 1.88 bits per heavy atom. The SMILES string of the molecule is Cc1cc(Cl)cn(-c2ccc(F)cc2)c1=O. The lowest BCUT2D eigenvalue weighted by atomic mass is 10.2. The Balaban J connectivity index is 2.64. The number of aryl methyl sites for hydroxylation is 1. The summed E-state index contributed by atoms with van der Waals surface area (Å²) in [6, 6.07) is 7.28. The minimum Gasteiger partial charge on any atom is -0.283 e. The van der Waals surface area contributed by atoms with Crippen LogP contribution in [0, 0.1) is 12.7 Å². The normalized spacial score (nSPS) is 10.4. The predicted octanol–water partition coefficient (Wildman–Crippen LogP) is 2.94. The molecule has 82 valence electrons. The van der Waals surface area contributed by atoms with Crippen LogP contribution >= 0.6 is 11.6 Å². The van der Waals surface area contributed by atoms with E-state index >= 15 is 0 Å². The van der Waals surface area contributed by atoms with Crippen LogP contribution in [0.1, 0.15) is 5.56 Å². The second-order valence-electron chi connectivity index (χ2n) is 3.49. The van der Waals surface area contributed by atoms with Gasteiger partial charge in [-0.2, -0.15) is 0 Å². The summed E-state index contributed by atoms with van der Waals surface area (Å²) in [5.41, 5.74) is 0.991. The molecule has 0 radical (unpaired) electrons. The van der Waals surface area contributed by atoms with Crippen LogP contribution in [0.25, 0.3) is 5.69 Å². The highest BCUT2D eigenvalue weighted by molar-refractivity contribution is 6.30. The molecule has 1 heterocycles. The molecule has 0 saturated heterocycles. The van der Waals surface area contributed by atoms with Crippen molar-refractivity contribution in [2.75, 3.05) is 0 Å². The van der Waals surface area contributed by atoms with E-state index in [9.17, 15) is 9.18 Å². The lowest BCUT2D eigenvalue weighted by molar-refractivity contribution is 0.627. The van der Waals surface area contributed by atoms with Gasteiger partial charge < -0.3 is 0 Å². The predicted molar refractivity (Wildman–Crippen MR) is 61.7 cm³/mol. The first kappa shape index (κ1) is 10.9. The average molecular weight is 238 g/mol. The lowest BCUT2D eigenvalue weighted by Crippen LogP contribution is -2.19. The third kappa shape index (κ3) is 1.99. The van der Waals surface area contributed by atoms with E-state index in [1.807, 2.05) is 0 Å². The molecule has 16 heavy (non-hydrogen) atoms. The zero-order valence-corrected chi connectivity index (χ0v) is 9.33. The number of hydrogen-bond acceptors (Lipinski definition) is 1. The maximum Gasteiger partial charge on any atom is 0.258 e. The molecule has 0 bridgehead atoms. The Labute approximate surface area is 96.9 Å². The second kappa shape index (κ2) is 4.10. The van der Waals surface area contributed by atoms with E-state index in [4.69, 9.17) is 11.6 Å². The second-order valence-corrected chi connectivity index (χ2v) is 3.93. The number of aromatic nitrogens is 1. The molecule has 0 aliphatic carbocycles. The molecule has 0 unspecified atom stereocenters. The van der Waals surface area contributed by atoms with E-state index in [2.05, 4.69) is 0 Å². The first-order valence-electron chi connectivity index (χ1n) is 4.72. The Hall–Kier alpha value is -1.61. The molecule has 2 aromatic rings. The van der Waals surface area contributed by atoms with Crippen LogP contribution < -0.4 is 5.56 Å². The summed E-state index contributed by atoms with van der Waals surface area (Å²) in [5, 5.41) is 0.474. The molecule has 2 rings (SSSR count). The van der Waals surface area contributed by atoms with Gasteiger partial charge in [0, 0.05) is 17.4 Å². The van der Waals surface area contributed by atoms with Crippen LogP contribution in [-0.4, -0.2) is 4.57 Å². The van der Waals surface area contributed by atoms with Gasteiger partial charge in [-0.05, 0) is 37.3 Å². The molecular formula is C12H9ClFNO. The van der Waals surface area contributed by atoms with Gasteiger partial charge in [0.15, 0.2) is 0 Å². The summed E-state index contributed by atoms with van der Waals surface area (Å²) in [4.78, 5) is 11.8. The molecule has 2 nitrogen and oxygen atoms in total. The number of rotatable bonds is 1. The van der Waals surface area contributed by atoms with Crippen LogP contribution in [-0.2, 0) is 0 Å². The van der Waals surface area contributed by atoms with Crippen molar-refractivity contribution in [2.45, 2.75) is 6.92 Å². The fourth-order valence-corrected chi connectivity index (χ4v) is 1.73. The number of benzene rings is 1. The van der Waals surface area contributed by atoms with Gasteiger partial charge in [0.1, 0.15) is 5.82 Å². The molecule has 0 amide bonds. The van der Waals surface area contributed by atoms with Crippen molar-refractivity contribution in [3.63, 3.8) is 0 Å². The molecular weight excluding hydrogens is 229 g/mol. The highest BCUT2D eigenvalue weighted by Gasteiger charge is 2.04. The van der Waals surface area contributed by atoms with Crippen molar-refractivity contribution in [1.82, 2.24) is 4.57 Å². The summed E-state index contributed by atoms with van der Waals surface area (Å²) in [6.45, 7) is 1.69. The van der Waals surface area contributed by atoms with E-state index in [0.717, 1.165) is 0 Å². The molecule has 1 aromatic heterocycles. The smallest absolute Gasteiger partial charge is 0.258 e. The molecule has 0 aliphatic rings. The first-order valence-corrected chi connectivity index (χ1v) is 5.10. The van der Waals surface area contributed by atoms with Crippen molar-refractivity contribution in [3.8, 4) is 5.69 Å². The van der Waals surface area contributed by atoms with Gasteiger partial charge in [-0.1, -0.05) is 11.6 Å². The van der Waals surface area contributed by atoms with Crippen molar-refractivity contribution in [1.29, 1.82) is 0 Å². The fourth-order valence-electron chi connectivity index (χ4n) is 1.47. The van der Waals surface area contributed by atoms with Crippen LogP contribution in [0.4, 0.5) is 4.39 Å². The van der Waals surface area contributed by atoms with Gasteiger partial charge in [0.25, 0.3) is 5.56 Å². The lowest BCUT2D eigenvalue weighted by Gasteiger charge is -2.07. The van der Waals surface area contributed by atoms with Crippen molar-refractivity contribution >= 4 is 11.6 Å². The maximum atomic E-state index is 12.7. The zero-order valence-electron chi connectivity index (χ0n) is 8.58. The zero-order chi connectivity index (χ0) is 11.7. The fraction of sp³-hybridized carbons (Fsp3) is 0.0833. The van der Waals surface area contributed by atoms with Crippen molar-refractivity contribution in [2.24, 2.45) is 0 Å². The van der Waals surface area contributed by atoms with E-state index in [1.165, 1.54) is 35.0 Å². The van der Waals surface area contributed by atoms with Gasteiger partial charge >= 0.3 is 0 Å². The molecule has 0 aliphatic heterocycles. The molecule has 0 saturated carbocycles. The van der Waals surface area contributed by atoms with Crippen molar-refractivity contribution in [3.05, 3.63) is 63.3 Å². The third-order valence-corrected chi connectivity index (χ3v) is 2.47. The van der Waals surface area contributed by atoms with E-state index in [1.54, 1.807) is 13.0 Å². The molecule has 1 aromatic carbocycles. The number of hydrogen-bond donors (Lipinski definition) is 0. The largest absolute Gasteiger partial charge is 0.283 e. The average Bonchev–Trinajstić information content (AvgIpc) is 2.25. The highest BCUT2D eigenvalue weighted by atomic mass is 35.5. The highest BCUT2D eigenvalue weighted by Crippen LogP contribution is 2.12. The maximum absolute atomic E-state index is 12.7. The molecule has 0 fully saturated rings. The summed E-state index contributed by atoms with van der Waals surface area (Å²) in [7, 11) is 0.